The lowest BCUT2D eigenvalue weighted by atomic mass is 10.1. The summed E-state index contributed by atoms with van der Waals surface area (Å²) >= 11 is 5.91. The topological polar surface area (TPSA) is 72.5 Å². The molecule has 0 atom stereocenters. The average molecular weight is 368 g/mol. The van der Waals surface area contributed by atoms with Crippen molar-refractivity contribution in [2.45, 2.75) is 11.3 Å². The predicted molar refractivity (Wildman–Crippen MR) is 93.6 cm³/mol. The molecule has 5 nitrogen and oxygen atoms in total. The van der Waals surface area contributed by atoms with Crippen LogP contribution in [0.3, 0.4) is 0 Å². The van der Waals surface area contributed by atoms with Gasteiger partial charge in [-0.05, 0) is 42.3 Å². The van der Waals surface area contributed by atoms with E-state index in [1.807, 2.05) is 0 Å². The van der Waals surface area contributed by atoms with Crippen molar-refractivity contribution in [1.29, 1.82) is 0 Å². The number of carbonyl (C=O) groups is 1. The molecule has 24 heavy (non-hydrogen) atoms. The van der Waals surface area contributed by atoms with Crippen LogP contribution in [0, 0.1) is 0 Å². The standard InChI is InChI=1S/C17H18ClNO4S/c1-23-16-8-5-13(18)11-15(16)17(20)19-10-9-12-3-6-14(7-4-12)24(2,21)22/h3-8,11H,9-10H2,1-2H3,(H,19,20). The highest BCUT2D eigenvalue weighted by atomic mass is 35.5. The van der Waals surface area contributed by atoms with Crippen LogP contribution in [0.15, 0.2) is 47.4 Å². The molecule has 0 radical (unpaired) electrons. The van der Waals surface area contributed by atoms with Crippen LogP contribution < -0.4 is 10.1 Å². The van der Waals surface area contributed by atoms with Crippen LogP contribution in [0.5, 0.6) is 5.75 Å². The number of amides is 1. The molecule has 7 heteroatoms. The van der Waals surface area contributed by atoms with Gasteiger partial charge in [-0.1, -0.05) is 23.7 Å². The van der Waals surface area contributed by atoms with Crippen molar-refractivity contribution in [2.75, 3.05) is 19.9 Å². The first kappa shape index (κ1) is 18.3. The van der Waals surface area contributed by atoms with Gasteiger partial charge in [0.1, 0.15) is 5.75 Å². The van der Waals surface area contributed by atoms with E-state index < -0.39 is 9.84 Å². The van der Waals surface area contributed by atoms with Crippen LogP contribution in [0.4, 0.5) is 0 Å². The van der Waals surface area contributed by atoms with E-state index in [4.69, 9.17) is 16.3 Å². The largest absolute Gasteiger partial charge is 0.496 e. The third-order valence-electron chi connectivity index (χ3n) is 3.46. The van der Waals surface area contributed by atoms with Crippen molar-refractivity contribution in [3.05, 3.63) is 58.6 Å². The maximum atomic E-state index is 12.2. The molecule has 2 rings (SSSR count). The van der Waals surface area contributed by atoms with Crippen molar-refractivity contribution >= 4 is 27.3 Å². The number of methoxy groups -OCH3 is 1. The molecule has 0 heterocycles. The highest BCUT2D eigenvalue weighted by molar-refractivity contribution is 7.90. The van der Waals surface area contributed by atoms with E-state index in [9.17, 15) is 13.2 Å². The van der Waals surface area contributed by atoms with Gasteiger partial charge >= 0.3 is 0 Å². The molecule has 0 saturated carbocycles. The first-order valence-electron chi connectivity index (χ1n) is 7.22. The lowest BCUT2D eigenvalue weighted by molar-refractivity contribution is 0.0951. The normalized spacial score (nSPS) is 11.1. The Morgan fingerprint density at radius 3 is 2.42 bits per heavy atom. The Labute approximate surface area is 146 Å². The number of halogens is 1. The second-order valence-electron chi connectivity index (χ2n) is 5.27. The monoisotopic (exact) mass is 367 g/mol. The van der Waals surface area contributed by atoms with Gasteiger partial charge in [0.2, 0.25) is 0 Å². The van der Waals surface area contributed by atoms with Crippen molar-refractivity contribution < 1.29 is 17.9 Å². The summed E-state index contributed by atoms with van der Waals surface area (Å²) < 4.78 is 28.0. The van der Waals surface area contributed by atoms with E-state index in [0.29, 0.717) is 29.3 Å². The number of hydrogen-bond donors (Lipinski definition) is 1. The highest BCUT2D eigenvalue weighted by Crippen LogP contribution is 2.22. The van der Waals surface area contributed by atoms with Gasteiger partial charge in [-0.15, -0.1) is 0 Å². The maximum Gasteiger partial charge on any atom is 0.255 e. The molecule has 0 aromatic heterocycles. The quantitative estimate of drug-likeness (QED) is 0.852. The van der Waals surface area contributed by atoms with Gasteiger partial charge in [-0.3, -0.25) is 4.79 Å². The third kappa shape index (κ3) is 4.72. The minimum absolute atomic E-state index is 0.276. The Kier molecular flexibility index (Phi) is 5.85. The fourth-order valence-electron chi connectivity index (χ4n) is 2.18. The second-order valence-corrected chi connectivity index (χ2v) is 7.72. The van der Waals surface area contributed by atoms with E-state index in [1.54, 1.807) is 42.5 Å². The summed E-state index contributed by atoms with van der Waals surface area (Å²) in [6, 6.07) is 11.4. The number of ether oxygens (including phenoxy) is 1. The van der Waals surface area contributed by atoms with Gasteiger partial charge in [0.15, 0.2) is 9.84 Å². The summed E-state index contributed by atoms with van der Waals surface area (Å²) in [6.07, 6.45) is 1.75. The molecule has 0 aliphatic heterocycles. The number of carbonyl (C=O) groups excluding carboxylic acids is 1. The van der Waals surface area contributed by atoms with Crippen LogP contribution in [0.1, 0.15) is 15.9 Å². The van der Waals surface area contributed by atoms with Gasteiger partial charge in [0, 0.05) is 17.8 Å². The molecule has 0 saturated heterocycles. The molecule has 2 aromatic rings. The Hall–Kier alpha value is -2.05. The van der Waals surface area contributed by atoms with Crippen LogP contribution in [0.2, 0.25) is 5.02 Å². The van der Waals surface area contributed by atoms with Crippen molar-refractivity contribution in [3.8, 4) is 5.75 Å². The Morgan fingerprint density at radius 1 is 1.17 bits per heavy atom. The number of sulfone groups is 1. The minimum Gasteiger partial charge on any atom is -0.496 e. The number of benzene rings is 2. The van der Waals surface area contributed by atoms with Crippen LogP contribution >= 0.6 is 11.6 Å². The zero-order chi connectivity index (χ0) is 17.7. The molecular weight excluding hydrogens is 350 g/mol. The number of rotatable bonds is 6. The maximum absolute atomic E-state index is 12.2. The molecular formula is C17H18ClNO4S. The fraction of sp³-hybridized carbons (Fsp3) is 0.235. The van der Waals surface area contributed by atoms with E-state index in [2.05, 4.69) is 5.32 Å². The summed E-state index contributed by atoms with van der Waals surface area (Å²) in [4.78, 5) is 12.5. The van der Waals surface area contributed by atoms with Gasteiger partial charge in [0.25, 0.3) is 5.91 Å². The van der Waals surface area contributed by atoms with Crippen molar-refractivity contribution in [2.24, 2.45) is 0 Å². The van der Waals surface area contributed by atoms with E-state index in [0.717, 1.165) is 5.56 Å². The van der Waals surface area contributed by atoms with Crippen LogP contribution in [-0.2, 0) is 16.3 Å². The average Bonchev–Trinajstić information content (AvgIpc) is 2.54. The SMILES string of the molecule is COc1ccc(Cl)cc1C(=O)NCCc1ccc(S(C)(=O)=O)cc1. The molecule has 2 aromatic carbocycles. The first-order chi connectivity index (χ1) is 11.3. The Bertz CT molecular complexity index is 832. The molecule has 1 amide bonds. The minimum atomic E-state index is -3.20. The lowest BCUT2D eigenvalue weighted by Gasteiger charge is -2.10. The first-order valence-corrected chi connectivity index (χ1v) is 9.49. The second kappa shape index (κ2) is 7.68. The Balaban J connectivity index is 1.97. The molecule has 0 spiro atoms. The molecule has 1 N–H and O–H groups in total. The van der Waals surface area contributed by atoms with E-state index >= 15 is 0 Å². The summed E-state index contributed by atoms with van der Waals surface area (Å²) in [7, 11) is -1.71. The molecule has 0 unspecified atom stereocenters. The molecule has 128 valence electrons. The zero-order valence-corrected chi connectivity index (χ0v) is 14.9. The summed E-state index contributed by atoms with van der Waals surface area (Å²) in [5, 5.41) is 3.25. The van der Waals surface area contributed by atoms with Gasteiger partial charge < -0.3 is 10.1 Å². The smallest absolute Gasteiger partial charge is 0.255 e. The fourth-order valence-corrected chi connectivity index (χ4v) is 2.98. The zero-order valence-electron chi connectivity index (χ0n) is 13.4. The highest BCUT2D eigenvalue weighted by Gasteiger charge is 2.12. The molecule has 0 aliphatic rings. The summed E-state index contributed by atoms with van der Waals surface area (Å²) in [6.45, 7) is 0.409. The van der Waals surface area contributed by atoms with Crippen molar-refractivity contribution in [3.63, 3.8) is 0 Å². The molecule has 0 fully saturated rings. The lowest BCUT2D eigenvalue weighted by Crippen LogP contribution is -2.26. The Morgan fingerprint density at radius 2 is 1.83 bits per heavy atom. The summed E-state index contributed by atoms with van der Waals surface area (Å²) in [5.41, 5.74) is 1.30. The van der Waals surface area contributed by atoms with E-state index in [1.165, 1.54) is 13.4 Å². The number of nitrogens with one attached hydrogen (secondary N) is 1. The summed E-state index contributed by atoms with van der Waals surface area (Å²) in [5.74, 6) is 0.177. The van der Waals surface area contributed by atoms with Gasteiger partial charge in [-0.25, -0.2) is 8.42 Å². The number of hydrogen-bond acceptors (Lipinski definition) is 4. The van der Waals surface area contributed by atoms with Gasteiger partial charge in [-0.2, -0.15) is 0 Å². The molecule has 0 aliphatic carbocycles. The van der Waals surface area contributed by atoms with Crippen LogP contribution in [-0.4, -0.2) is 34.2 Å². The van der Waals surface area contributed by atoms with Gasteiger partial charge in [0.05, 0.1) is 17.6 Å². The van der Waals surface area contributed by atoms with E-state index in [-0.39, 0.29) is 10.8 Å². The van der Waals surface area contributed by atoms with Crippen LogP contribution in [0.25, 0.3) is 0 Å². The molecule has 0 bridgehead atoms. The third-order valence-corrected chi connectivity index (χ3v) is 4.82. The van der Waals surface area contributed by atoms with Crippen molar-refractivity contribution in [1.82, 2.24) is 5.32 Å². The predicted octanol–water partition coefficient (Wildman–Crippen LogP) is 2.72.